The van der Waals surface area contributed by atoms with Crippen LogP contribution >= 0.6 is 0 Å². The molecule has 8 heteroatoms. The molecule has 0 amide bonds. The predicted molar refractivity (Wildman–Crippen MR) is 80.1 cm³/mol. The minimum absolute atomic E-state index is 0.0595. The fourth-order valence-electron chi connectivity index (χ4n) is 1.78. The van der Waals surface area contributed by atoms with Crippen molar-refractivity contribution < 1.29 is 23.2 Å². The van der Waals surface area contributed by atoms with Crippen LogP contribution in [0.4, 0.5) is 5.69 Å². The minimum Gasteiger partial charge on any atom is -0.495 e. The number of rotatable bonds is 5. The molecule has 0 aliphatic heterocycles. The molecular formula is C13H14BNO5S. The third-order valence-electron chi connectivity index (χ3n) is 2.80. The lowest BCUT2D eigenvalue weighted by Gasteiger charge is -2.13. The lowest BCUT2D eigenvalue weighted by Crippen LogP contribution is -2.30. The van der Waals surface area contributed by atoms with E-state index in [1.54, 1.807) is 30.3 Å². The van der Waals surface area contributed by atoms with Gasteiger partial charge in [-0.2, -0.15) is 0 Å². The van der Waals surface area contributed by atoms with E-state index in [-0.39, 0.29) is 16.1 Å². The quantitative estimate of drug-likeness (QED) is 0.685. The van der Waals surface area contributed by atoms with E-state index in [0.717, 1.165) is 6.07 Å². The zero-order chi connectivity index (χ0) is 15.5. The van der Waals surface area contributed by atoms with Gasteiger partial charge in [0.2, 0.25) is 0 Å². The van der Waals surface area contributed by atoms with E-state index in [9.17, 15) is 8.42 Å². The van der Waals surface area contributed by atoms with Crippen molar-refractivity contribution in [3.63, 3.8) is 0 Å². The Kier molecular flexibility index (Phi) is 4.51. The van der Waals surface area contributed by atoms with Crippen LogP contribution < -0.4 is 14.9 Å². The van der Waals surface area contributed by atoms with Crippen molar-refractivity contribution in [2.45, 2.75) is 4.90 Å². The van der Waals surface area contributed by atoms with Gasteiger partial charge in [-0.1, -0.05) is 24.3 Å². The van der Waals surface area contributed by atoms with E-state index in [4.69, 9.17) is 14.8 Å². The molecule has 0 saturated carbocycles. The van der Waals surface area contributed by atoms with Gasteiger partial charge < -0.3 is 14.8 Å². The molecule has 2 aromatic rings. The van der Waals surface area contributed by atoms with E-state index < -0.39 is 17.1 Å². The third kappa shape index (κ3) is 3.54. The molecule has 0 spiro atoms. The maximum atomic E-state index is 12.4. The van der Waals surface area contributed by atoms with Crippen molar-refractivity contribution in [2.75, 3.05) is 11.8 Å². The topological polar surface area (TPSA) is 95.9 Å². The van der Waals surface area contributed by atoms with Crippen molar-refractivity contribution >= 4 is 28.3 Å². The van der Waals surface area contributed by atoms with Crippen LogP contribution in [0.3, 0.4) is 0 Å². The molecule has 3 N–H and O–H groups in total. The van der Waals surface area contributed by atoms with E-state index >= 15 is 0 Å². The first kappa shape index (κ1) is 15.4. The second-order valence-electron chi connectivity index (χ2n) is 4.26. The summed E-state index contributed by atoms with van der Waals surface area (Å²) in [4.78, 5) is -0.167. The number of nitrogens with one attached hydrogen (secondary N) is 1. The highest BCUT2D eigenvalue weighted by Gasteiger charge is 2.23. The van der Waals surface area contributed by atoms with Gasteiger partial charge in [-0.15, -0.1) is 0 Å². The van der Waals surface area contributed by atoms with E-state index in [1.807, 2.05) is 0 Å². The first-order valence-electron chi connectivity index (χ1n) is 6.06. The SMILES string of the molecule is COc1ccc(B(O)O)cc1S(=O)(=O)Nc1ccccc1. The summed E-state index contributed by atoms with van der Waals surface area (Å²) in [5, 5.41) is 18.3. The summed E-state index contributed by atoms with van der Waals surface area (Å²) < 4.78 is 32.2. The number of sulfonamides is 1. The first-order chi connectivity index (χ1) is 9.94. The maximum absolute atomic E-state index is 12.4. The Bertz CT molecular complexity index is 719. The Morgan fingerprint density at radius 1 is 1.10 bits per heavy atom. The molecule has 0 radical (unpaired) electrons. The molecule has 0 aliphatic rings. The fraction of sp³-hybridized carbons (Fsp3) is 0.0769. The van der Waals surface area contributed by atoms with Gasteiger partial charge in [0.05, 0.1) is 7.11 Å². The lowest BCUT2D eigenvalue weighted by molar-refractivity contribution is 0.402. The van der Waals surface area contributed by atoms with Crippen LogP contribution in [0.1, 0.15) is 0 Å². The number of para-hydroxylation sites is 1. The summed E-state index contributed by atoms with van der Waals surface area (Å²) in [5.74, 6) is 0.114. The zero-order valence-corrected chi connectivity index (χ0v) is 12.0. The third-order valence-corrected chi connectivity index (χ3v) is 4.20. The zero-order valence-electron chi connectivity index (χ0n) is 11.2. The first-order valence-corrected chi connectivity index (χ1v) is 7.54. The van der Waals surface area contributed by atoms with Gasteiger partial charge in [0.15, 0.2) is 0 Å². The maximum Gasteiger partial charge on any atom is 0.488 e. The molecule has 0 saturated heterocycles. The van der Waals surface area contributed by atoms with Gasteiger partial charge in [0, 0.05) is 5.69 Å². The van der Waals surface area contributed by atoms with Crippen LogP contribution in [0.15, 0.2) is 53.4 Å². The van der Waals surface area contributed by atoms with E-state index in [0.29, 0.717) is 5.69 Å². The van der Waals surface area contributed by atoms with Gasteiger partial charge >= 0.3 is 7.12 Å². The Morgan fingerprint density at radius 3 is 2.33 bits per heavy atom. The highest BCUT2D eigenvalue weighted by molar-refractivity contribution is 7.92. The number of hydrogen-bond donors (Lipinski definition) is 3. The van der Waals surface area contributed by atoms with E-state index in [2.05, 4.69) is 4.72 Å². The second-order valence-corrected chi connectivity index (χ2v) is 5.91. The fourth-order valence-corrected chi connectivity index (χ4v) is 3.04. The van der Waals surface area contributed by atoms with Crippen LogP contribution in [0.25, 0.3) is 0 Å². The summed E-state index contributed by atoms with van der Waals surface area (Å²) in [7, 11) is -4.33. The van der Waals surface area contributed by atoms with E-state index in [1.165, 1.54) is 19.2 Å². The summed E-state index contributed by atoms with van der Waals surface area (Å²) in [6.07, 6.45) is 0. The van der Waals surface area contributed by atoms with Gasteiger partial charge in [-0.05, 0) is 29.7 Å². The molecule has 6 nitrogen and oxygen atoms in total. The van der Waals surface area contributed by atoms with Gasteiger partial charge in [0.1, 0.15) is 10.6 Å². The van der Waals surface area contributed by atoms with Crippen molar-refractivity contribution in [2.24, 2.45) is 0 Å². The molecule has 0 bridgehead atoms. The molecule has 0 heterocycles. The highest BCUT2D eigenvalue weighted by atomic mass is 32.2. The smallest absolute Gasteiger partial charge is 0.488 e. The van der Waals surface area contributed by atoms with Crippen LogP contribution in [0, 0.1) is 0 Å². The summed E-state index contributed by atoms with van der Waals surface area (Å²) in [5.41, 5.74) is 0.457. The standard InChI is InChI=1S/C13H14BNO5S/c1-20-12-8-7-10(14(16)17)9-13(12)21(18,19)15-11-5-3-2-4-6-11/h2-9,15-17H,1H3. The molecule has 0 fully saturated rings. The average Bonchev–Trinajstić information content (AvgIpc) is 2.47. The number of benzene rings is 2. The predicted octanol–water partition coefficient (Wildman–Crippen LogP) is 0.176. The number of methoxy groups -OCH3 is 1. The van der Waals surface area contributed by atoms with Crippen molar-refractivity contribution in [1.29, 1.82) is 0 Å². The largest absolute Gasteiger partial charge is 0.495 e. The lowest BCUT2D eigenvalue weighted by atomic mass is 9.80. The summed E-state index contributed by atoms with van der Waals surface area (Å²) in [6.45, 7) is 0. The molecule has 0 aromatic heterocycles. The molecule has 0 atom stereocenters. The van der Waals surface area contributed by atoms with Gasteiger partial charge in [-0.3, -0.25) is 4.72 Å². The van der Waals surface area contributed by atoms with Crippen LogP contribution in [-0.4, -0.2) is 32.7 Å². The van der Waals surface area contributed by atoms with Gasteiger partial charge in [-0.25, -0.2) is 8.42 Å². The number of anilines is 1. The Hall–Kier alpha value is -2.03. The van der Waals surface area contributed by atoms with Crippen molar-refractivity contribution in [3.05, 3.63) is 48.5 Å². The Labute approximate surface area is 123 Å². The molecule has 0 aliphatic carbocycles. The molecule has 2 aromatic carbocycles. The molecule has 2 rings (SSSR count). The van der Waals surface area contributed by atoms with Crippen molar-refractivity contribution in [1.82, 2.24) is 0 Å². The van der Waals surface area contributed by atoms with Crippen LogP contribution in [-0.2, 0) is 10.0 Å². The number of ether oxygens (including phenoxy) is 1. The molecule has 110 valence electrons. The highest BCUT2D eigenvalue weighted by Crippen LogP contribution is 2.24. The minimum atomic E-state index is -3.91. The summed E-state index contributed by atoms with van der Waals surface area (Å²) in [6, 6.07) is 12.3. The van der Waals surface area contributed by atoms with Crippen LogP contribution in [0.2, 0.25) is 0 Å². The molecule has 21 heavy (non-hydrogen) atoms. The Morgan fingerprint density at radius 2 is 1.76 bits per heavy atom. The van der Waals surface area contributed by atoms with Crippen molar-refractivity contribution in [3.8, 4) is 5.75 Å². The molecule has 0 unspecified atom stereocenters. The molecular weight excluding hydrogens is 293 g/mol. The normalized spacial score (nSPS) is 11.0. The van der Waals surface area contributed by atoms with Gasteiger partial charge in [0.25, 0.3) is 10.0 Å². The number of hydrogen-bond acceptors (Lipinski definition) is 5. The second kappa shape index (κ2) is 6.17. The monoisotopic (exact) mass is 307 g/mol. The Balaban J connectivity index is 2.45. The average molecular weight is 307 g/mol. The van der Waals surface area contributed by atoms with Crippen LogP contribution in [0.5, 0.6) is 5.75 Å². The summed E-state index contributed by atoms with van der Waals surface area (Å²) >= 11 is 0.